The molecule has 0 fully saturated rings. The topological polar surface area (TPSA) is 45.5 Å². The van der Waals surface area contributed by atoms with Gasteiger partial charge in [-0.05, 0) is 26.8 Å². The van der Waals surface area contributed by atoms with Crippen LogP contribution in [0.1, 0.15) is 37.3 Å². The van der Waals surface area contributed by atoms with Crippen molar-refractivity contribution in [3.05, 3.63) is 23.0 Å². The standard InChI is InChI=1S/C12H19ClN2O2/c1-8(2)15-6-10(13)5-11(15)12(17)14(4)9(3)7-16/h5-6,8-9,16H,7H2,1-4H3. The summed E-state index contributed by atoms with van der Waals surface area (Å²) in [6, 6.07) is 1.61. The molecule has 4 nitrogen and oxygen atoms in total. The minimum absolute atomic E-state index is 0.0572. The van der Waals surface area contributed by atoms with Gasteiger partial charge in [-0.3, -0.25) is 4.79 Å². The zero-order chi connectivity index (χ0) is 13.2. The second-order valence-corrected chi connectivity index (χ2v) is 4.93. The Morgan fingerprint density at radius 3 is 2.59 bits per heavy atom. The van der Waals surface area contributed by atoms with Crippen molar-refractivity contribution in [2.24, 2.45) is 0 Å². The second-order valence-electron chi connectivity index (χ2n) is 4.49. The number of rotatable bonds is 4. The first kappa shape index (κ1) is 14.1. The normalized spacial score (nSPS) is 12.9. The van der Waals surface area contributed by atoms with Crippen molar-refractivity contribution < 1.29 is 9.90 Å². The average molecular weight is 259 g/mol. The van der Waals surface area contributed by atoms with Crippen LogP contribution in [0.4, 0.5) is 0 Å². The Balaban J connectivity index is 3.03. The number of aliphatic hydroxyl groups excluding tert-OH is 1. The Hall–Kier alpha value is -1.00. The fraction of sp³-hybridized carbons (Fsp3) is 0.583. The molecule has 0 aromatic carbocycles. The average Bonchev–Trinajstić information content (AvgIpc) is 2.68. The number of amides is 1. The van der Waals surface area contributed by atoms with E-state index in [0.717, 1.165) is 0 Å². The van der Waals surface area contributed by atoms with Gasteiger partial charge in [0, 0.05) is 19.3 Å². The van der Waals surface area contributed by atoms with Gasteiger partial charge >= 0.3 is 0 Å². The van der Waals surface area contributed by atoms with Crippen molar-refractivity contribution in [1.82, 2.24) is 9.47 Å². The first-order valence-corrected chi connectivity index (χ1v) is 6.01. The molecule has 0 bridgehead atoms. The number of carbonyl (C=O) groups excluding carboxylic acids is 1. The molecule has 1 unspecified atom stereocenters. The highest BCUT2D eigenvalue weighted by atomic mass is 35.5. The van der Waals surface area contributed by atoms with Crippen LogP contribution in [0.3, 0.4) is 0 Å². The largest absolute Gasteiger partial charge is 0.394 e. The highest BCUT2D eigenvalue weighted by Gasteiger charge is 2.21. The first-order chi connectivity index (χ1) is 7.88. The molecule has 0 aliphatic carbocycles. The predicted molar refractivity (Wildman–Crippen MR) is 68.5 cm³/mol. The second kappa shape index (κ2) is 5.56. The molecule has 1 aromatic heterocycles. The molecule has 17 heavy (non-hydrogen) atoms. The third-order valence-electron chi connectivity index (χ3n) is 2.84. The summed E-state index contributed by atoms with van der Waals surface area (Å²) in [7, 11) is 1.68. The van der Waals surface area contributed by atoms with Gasteiger partial charge in [-0.2, -0.15) is 0 Å². The SMILES string of the molecule is CC(CO)N(C)C(=O)c1cc(Cl)cn1C(C)C. The van der Waals surface area contributed by atoms with Crippen LogP contribution >= 0.6 is 11.6 Å². The Morgan fingerprint density at radius 1 is 1.53 bits per heavy atom. The van der Waals surface area contributed by atoms with E-state index in [1.165, 1.54) is 4.90 Å². The van der Waals surface area contributed by atoms with E-state index in [4.69, 9.17) is 16.7 Å². The van der Waals surface area contributed by atoms with Crippen LogP contribution in [0.15, 0.2) is 12.3 Å². The quantitative estimate of drug-likeness (QED) is 0.900. The van der Waals surface area contributed by atoms with Crippen LogP contribution in [-0.4, -0.2) is 40.2 Å². The maximum atomic E-state index is 12.2. The van der Waals surface area contributed by atoms with E-state index in [1.807, 2.05) is 18.4 Å². The van der Waals surface area contributed by atoms with E-state index in [0.29, 0.717) is 10.7 Å². The molecule has 1 rings (SSSR count). The van der Waals surface area contributed by atoms with Crippen molar-refractivity contribution in [2.45, 2.75) is 32.9 Å². The molecule has 1 amide bonds. The highest BCUT2D eigenvalue weighted by molar-refractivity contribution is 6.31. The van der Waals surface area contributed by atoms with Crippen LogP contribution in [0, 0.1) is 0 Å². The van der Waals surface area contributed by atoms with E-state index in [2.05, 4.69) is 0 Å². The van der Waals surface area contributed by atoms with Crippen molar-refractivity contribution in [3.8, 4) is 0 Å². The monoisotopic (exact) mass is 258 g/mol. The van der Waals surface area contributed by atoms with Crippen LogP contribution in [-0.2, 0) is 0 Å². The maximum absolute atomic E-state index is 12.2. The third-order valence-corrected chi connectivity index (χ3v) is 3.04. The Labute approximate surface area is 107 Å². The lowest BCUT2D eigenvalue weighted by molar-refractivity contribution is 0.0670. The van der Waals surface area contributed by atoms with Crippen LogP contribution in [0.2, 0.25) is 5.02 Å². The predicted octanol–water partition coefficient (Wildman–Crippen LogP) is 2.18. The number of aromatic nitrogens is 1. The minimum Gasteiger partial charge on any atom is -0.394 e. The number of hydrogen-bond donors (Lipinski definition) is 1. The molecule has 0 spiro atoms. The number of likely N-dealkylation sites (N-methyl/N-ethyl adjacent to an activating group) is 1. The molecule has 0 saturated carbocycles. The summed E-state index contributed by atoms with van der Waals surface area (Å²) < 4.78 is 1.84. The Kier molecular flexibility index (Phi) is 4.60. The minimum atomic E-state index is -0.211. The lowest BCUT2D eigenvalue weighted by atomic mass is 10.2. The summed E-state index contributed by atoms with van der Waals surface area (Å²) in [6.07, 6.45) is 1.75. The number of nitrogens with zero attached hydrogens (tertiary/aromatic N) is 2. The molecule has 0 saturated heterocycles. The zero-order valence-corrected chi connectivity index (χ0v) is 11.4. The van der Waals surface area contributed by atoms with Crippen molar-refractivity contribution in [3.63, 3.8) is 0 Å². The lowest BCUT2D eigenvalue weighted by Crippen LogP contribution is -2.38. The number of halogens is 1. The van der Waals surface area contributed by atoms with Crippen molar-refractivity contribution in [1.29, 1.82) is 0 Å². The molecule has 5 heteroatoms. The van der Waals surface area contributed by atoms with Gasteiger partial charge in [-0.15, -0.1) is 0 Å². The molecule has 1 N–H and O–H groups in total. The summed E-state index contributed by atoms with van der Waals surface area (Å²) in [5.41, 5.74) is 0.549. The molecule has 0 aliphatic rings. The van der Waals surface area contributed by atoms with Gasteiger partial charge in [0.25, 0.3) is 5.91 Å². The fourth-order valence-corrected chi connectivity index (χ4v) is 1.76. The molecular formula is C12H19ClN2O2. The number of carbonyl (C=O) groups is 1. The summed E-state index contributed by atoms with van der Waals surface area (Å²) in [5, 5.41) is 9.61. The van der Waals surface area contributed by atoms with E-state index in [-0.39, 0.29) is 24.6 Å². The molecule has 1 atom stereocenters. The van der Waals surface area contributed by atoms with E-state index >= 15 is 0 Å². The molecule has 1 heterocycles. The van der Waals surface area contributed by atoms with Gasteiger partial charge in [-0.1, -0.05) is 11.6 Å². The van der Waals surface area contributed by atoms with Gasteiger partial charge in [0.2, 0.25) is 0 Å². The van der Waals surface area contributed by atoms with Crippen LogP contribution in [0.25, 0.3) is 0 Å². The fourth-order valence-electron chi connectivity index (χ4n) is 1.55. The Bertz CT molecular complexity index is 401. The summed E-state index contributed by atoms with van der Waals surface area (Å²) in [5.74, 6) is -0.132. The van der Waals surface area contributed by atoms with E-state index in [9.17, 15) is 4.79 Å². The zero-order valence-electron chi connectivity index (χ0n) is 10.6. The van der Waals surface area contributed by atoms with Gasteiger partial charge in [-0.25, -0.2) is 0 Å². The van der Waals surface area contributed by atoms with E-state index < -0.39 is 0 Å². The maximum Gasteiger partial charge on any atom is 0.270 e. The van der Waals surface area contributed by atoms with Gasteiger partial charge in [0.15, 0.2) is 0 Å². The molecule has 0 aliphatic heterocycles. The van der Waals surface area contributed by atoms with Crippen molar-refractivity contribution in [2.75, 3.05) is 13.7 Å². The van der Waals surface area contributed by atoms with Gasteiger partial charge in [0.1, 0.15) is 5.69 Å². The van der Waals surface area contributed by atoms with Gasteiger partial charge in [0.05, 0.1) is 17.7 Å². The van der Waals surface area contributed by atoms with Crippen LogP contribution < -0.4 is 0 Å². The highest BCUT2D eigenvalue weighted by Crippen LogP contribution is 2.20. The number of hydrogen-bond acceptors (Lipinski definition) is 2. The summed E-state index contributed by atoms with van der Waals surface area (Å²) in [4.78, 5) is 13.7. The molecule has 0 radical (unpaired) electrons. The lowest BCUT2D eigenvalue weighted by Gasteiger charge is -2.24. The van der Waals surface area contributed by atoms with Crippen LogP contribution in [0.5, 0.6) is 0 Å². The van der Waals surface area contributed by atoms with Crippen molar-refractivity contribution >= 4 is 17.5 Å². The summed E-state index contributed by atoms with van der Waals surface area (Å²) >= 11 is 5.93. The molecule has 1 aromatic rings. The van der Waals surface area contributed by atoms with Gasteiger partial charge < -0.3 is 14.6 Å². The molecule has 96 valence electrons. The molecular weight excluding hydrogens is 240 g/mol. The smallest absolute Gasteiger partial charge is 0.270 e. The number of aliphatic hydroxyl groups is 1. The first-order valence-electron chi connectivity index (χ1n) is 5.63. The third kappa shape index (κ3) is 3.01. The Morgan fingerprint density at radius 2 is 2.12 bits per heavy atom. The van der Waals surface area contributed by atoms with E-state index in [1.54, 1.807) is 26.2 Å². The summed E-state index contributed by atoms with van der Waals surface area (Å²) in [6.45, 7) is 5.71.